The number of alkyl halides is 3. The van der Waals surface area contributed by atoms with Crippen molar-refractivity contribution in [2.24, 2.45) is 0 Å². The van der Waals surface area contributed by atoms with Gasteiger partial charge < -0.3 is 13.7 Å². The van der Waals surface area contributed by atoms with E-state index in [1.165, 1.54) is 17.2 Å². The molecule has 1 fully saturated rings. The maximum atomic E-state index is 12.7. The molecule has 4 heterocycles. The number of piperazine rings is 1. The molecule has 0 aliphatic carbocycles. The summed E-state index contributed by atoms with van der Waals surface area (Å²) < 4.78 is 50.4. The first kappa shape index (κ1) is 18.7. The van der Waals surface area contributed by atoms with E-state index in [2.05, 4.69) is 10.1 Å². The van der Waals surface area contributed by atoms with E-state index in [9.17, 15) is 13.2 Å². The number of halogens is 3. The fourth-order valence-electron chi connectivity index (χ4n) is 3.13. The lowest BCUT2D eigenvalue weighted by Gasteiger charge is -2.27. The number of H-pyrrole nitrogens is 1. The van der Waals surface area contributed by atoms with Gasteiger partial charge in [0.2, 0.25) is 0 Å². The zero-order chi connectivity index (χ0) is 19.7. The Morgan fingerprint density at radius 3 is 2.61 bits per heavy atom. The monoisotopic (exact) mass is 413 g/mol. The van der Waals surface area contributed by atoms with Gasteiger partial charge in [-0.05, 0) is 30.4 Å². The van der Waals surface area contributed by atoms with Crippen molar-refractivity contribution in [3.05, 3.63) is 47.1 Å². The van der Waals surface area contributed by atoms with Crippen molar-refractivity contribution in [2.75, 3.05) is 31.1 Å². The van der Waals surface area contributed by atoms with Crippen molar-refractivity contribution in [1.82, 2.24) is 9.78 Å². The molecule has 3 aromatic rings. The molecule has 0 radical (unpaired) electrons. The molecule has 1 aliphatic rings. The number of nitrogens with zero attached hydrogens (tertiary/aromatic N) is 3. The third kappa shape index (κ3) is 3.94. The SMILES string of the molecule is FC(F)(F)c1ccc(N2CC[NH+](Cn3nc(-c4ccco4)oc3=S)CC2)[nH+]c1. The molecule has 0 unspecified atom stereocenters. The molecule has 28 heavy (non-hydrogen) atoms. The Morgan fingerprint density at radius 2 is 2.00 bits per heavy atom. The van der Waals surface area contributed by atoms with Crippen LogP contribution in [0.25, 0.3) is 11.7 Å². The van der Waals surface area contributed by atoms with Crippen LogP contribution in [-0.2, 0) is 12.8 Å². The number of pyridine rings is 1. The first-order valence-electron chi connectivity index (χ1n) is 8.69. The minimum absolute atomic E-state index is 0.275. The third-order valence-electron chi connectivity index (χ3n) is 4.65. The standard InChI is InChI=1S/C17H16F3N5O2S/c18-17(19,20)12-3-4-14(21-10-12)24-7-5-23(6-8-24)11-25-16(28)27-15(22-25)13-2-1-9-26-13/h1-4,9-10H,5-8,11H2/p+2. The van der Waals surface area contributed by atoms with Gasteiger partial charge in [-0.15, -0.1) is 5.10 Å². The van der Waals surface area contributed by atoms with E-state index in [-0.39, 0.29) is 4.84 Å². The zero-order valence-corrected chi connectivity index (χ0v) is 15.5. The van der Waals surface area contributed by atoms with Gasteiger partial charge in [0, 0.05) is 6.07 Å². The fraction of sp³-hybridized carbons (Fsp3) is 0.353. The number of quaternary nitrogens is 1. The summed E-state index contributed by atoms with van der Waals surface area (Å²) in [5.74, 6) is 1.53. The van der Waals surface area contributed by atoms with Gasteiger partial charge in [-0.25, -0.2) is 4.98 Å². The van der Waals surface area contributed by atoms with Crippen molar-refractivity contribution >= 4 is 18.0 Å². The van der Waals surface area contributed by atoms with Gasteiger partial charge in [0.25, 0.3) is 16.5 Å². The smallest absolute Gasteiger partial charge is 0.419 e. The molecule has 0 bridgehead atoms. The number of hydrogen-bond donors (Lipinski definition) is 1. The van der Waals surface area contributed by atoms with Crippen LogP contribution < -0.4 is 14.8 Å². The molecule has 0 amide bonds. The predicted molar refractivity (Wildman–Crippen MR) is 93.9 cm³/mol. The Balaban J connectivity index is 1.36. The Kier molecular flexibility index (Phi) is 4.94. The van der Waals surface area contributed by atoms with E-state index in [0.29, 0.717) is 37.2 Å². The second-order valence-corrected chi connectivity index (χ2v) is 6.85. The van der Waals surface area contributed by atoms with Gasteiger partial charge >= 0.3 is 6.18 Å². The van der Waals surface area contributed by atoms with Crippen LogP contribution in [0.2, 0.25) is 0 Å². The molecule has 148 valence electrons. The highest BCUT2D eigenvalue weighted by atomic mass is 32.1. The summed E-state index contributed by atoms with van der Waals surface area (Å²) in [4.78, 5) is 6.29. The van der Waals surface area contributed by atoms with Crippen LogP contribution in [0.4, 0.5) is 19.0 Å². The quantitative estimate of drug-likeness (QED) is 0.659. The van der Waals surface area contributed by atoms with E-state index in [1.807, 2.05) is 4.90 Å². The molecule has 0 spiro atoms. The molecule has 0 aromatic carbocycles. The summed E-state index contributed by atoms with van der Waals surface area (Å²) in [6.07, 6.45) is -1.81. The second-order valence-electron chi connectivity index (χ2n) is 6.51. The highest BCUT2D eigenvalue weighted by molar-refractivity contribution is 7.71. The fourth-order valence-corrected chi connectivity index (χ4v) is 3.31. The lowest BCUT2D eigenvalue weighted by atomic mass is 10.2. The summed E-state index contributed by atoms with van der Waals surface area (Å²) in [5, 5.41) is 4.36. The normalized spacial score (nSPS) is 15.9. The Bertz CT molecular complexity index is 974. The van der Waals surface area contributed by atoms with E-state index in [0.717, 1.165) is 25.4 Å². The highest BCUT2D eigenvalue weighted by Crippen LogP contribution is 2.28. The number of rotatable bonds is 4. The Hall–Kier alpha value is -2.66. The van der Waals surface area contributed by atoms with Crippen molar-refractivity contribution in [3.8, 4) is 11.7 Å². The maximum absolute atomic E-state index is 12.7. The molecule has 11 heteroatoms. The first-order valence-corrected chi connectivity index (χ1v) is 9.10. The molecule has 0 atom stereocenters. The number of anilines is 1. The Morgan fingerprint density at radius 1 is 1.21 bits per heavy atom. The lowest BCUT2D eigenvalue weighted by molar-refractivity contribution is -0.924. The average molecular weight is 413 g/mol. The van der Waals surface area contributed by atoms with Gasteiger partial charge in [0.15, 0.2) is 12.4 Å². The van der Waals surface area contributed by atoms with E-state index < -0.39 is 11.7 Å². The molecule has 1 saturated heterocycles. The van der Waals surface area contributed by atoms with Gasteiger partial charge in [-0.3, -0.25) is 4.90 Å². The lowest BCUT2D eigenvalue weighted by Crippen LogP contribution is -3.14. The summed E-state index contributed by atoms with van der Waals surface area (Å²) >= 11 is 5.23. The van der Waals surface area contributed by atoms with E-state index in [4.69, 9.17) is 21.1 Å². The molecular weight excluding hydrogens is 395 g/mol. The van der Waals surface area contributed by atoms with Crippen LogP contribution in [0.1, 0.15) is 5.56 Å². The second kappa shape index (κ2) is 7.40. The minimum Gasteiger partial charge on any atom is -0.459 e. The van der Waals surface area contributed by atoms with Gasteiger partial charge in [-0.1, -0.05) is 0 Å². The largest absolute Gasteiger partial charge is 0.459 e. The molecule has 1 aliphatic heterocycles. The van der Waals surface area contributed by atoms with E-state index in [1.54, 1.807) is 16.8 Å². The molecule has 4 rings (SSSR count). The van der Waals surface area contributed by atoms with Crippen LogP contribution in [0, 0.1) is 4.84 Å². The number of aromatic nitrogens is 3. The van der Waals surface area contributed by atoms with Crippen molar-refractivity contribution < 1.29 is 31.9 Å². The van der Waals surface area contributed by atoms with Crippen LogP contribution in [0.3, 0.4) is 0 Å². The zero-order valence-electron chi connectivity index (χ0n) is 14.7. The highest BCUT2D eigenvalue weighted by Gasteiger charge is 2.33. The molecule has 3 aromatic heterocycles. The van der Waals surface area contributed by atoms with Crippen molar-refractivity contribution in [3.63, 3.8) is 0 Å². The third-order valence-corrected chi connectivity index (χ3v) is 4.94. The van der Waals surface area contributed by atoms with Crippen LogP contribution >= 0.6 is 12.2 Å². The Labute approximate surface area is 163 Å². The maximum Gasteiger partial charge on any atom is 0.419 e. The first-order chi connectivity index (χ1) is 13.4. The summed E-state index contributed by atoms with van der Waals surface area (Å²) in [7, 11) is 0. The average Bonchev–Trinajstić information content (AvgIpc) is 3.32. The van der Waals surface area contributed by atoms with Crippen LogP contribution in [0.15, 0.2) is 45.6 Å². The summed E-state index contributed by atoms with van der Waals surface area (Å²) in [6.45, 7) is 3.54. The molecule has 7 nitrogen and oxygen atoms in total. The van der Waals surface area contributed by atoms with E-state index >= 15 is 0 Å². The number of hydrogen-bond acceptors (Lipinski definition) is 5. The molecule has 2 N–H and O–H groups in total. The van der Waals surface area contributed by atoms with Crippen molar-refractivity contribution in [1.29, 1.82) is 0 Å². The number of nitrogens with one attached hydrogen (secondary N) is 2. The van der Waals surface area contributed by atoms with Gasteiger partial charge in [0.1, 0.15) is 32.4 Å². The number of furan rings is 1. The number of aromatic amines is 1. The van der Waals surface area contributed by atoms with Gasteiger partial charge in [-0.2, -0.15) is 17.9 Å². The van der Waals surface area contributed by atoms with Gasteiger partial charge in [0.05, 0.1) is 11.8 Å². The van der Waals surface area contributed by atoms with Crippen LogP contribution in [0.5, 0.6) is 0 Å². The molecular formula is C17H18F3N5O2S+2. The summed E-state index contributed by atoms with van der Waals surface area (Å²) in [6, 6.07) is 6.06. The topological polar surface area (TPSA) is 65.9 Å². The van der Waals surface area contributed by atoms with Crippen molar-refractivity contribution in [2.45, 2.75) is 12.8 Å². The summed E-state index contributed by atoms with van der Waals surface area (Å²) in [5.41, 5.74) is -0.687. The minimum atomic E-state index is -4.34. The molecule has 0 saturated carbocycles. The van der Waals surface area contributed by atoms with Crippen LogP contribution in [-0.4, -0.2) is 36.0 Å². The predicted octanol–water partition coefficient (Wildman–Crippen LogP) is 1.66.